The number of hydrogen-bond acceptors (Lipinski definition) is 5. The summed E-state index contributed by atoms with van der Waals surface area (Å²) in [4.78, 5) is 23.6. The molecule has 1 aliphatic heterocycles. The Bertz CT molecular complexity index is 577. The summed E-state index contributed by atoms with van der Waals surface area (Å²) in [5, 5.41) is 5.62. The second kappa shape index (κ2) is 11.7. The lowest BCUT2D eigenvalue weighted by Crippen LogP contribution is -2.35. The molecular weight excluding hydrogens is 358 g/mol. The zero-order valence-corrected chi connectivity index (χ0v) is 15.8. The molecule has 8 heteroatoms. The summed E-state index contributed by atoms with van der Waals surface area (Å²) in [7, 11) is 0. The Balaban J connectivity index is 0.00000338. The Labute approximate surface area is 160 Å². The van der Waals surface area contributed by atoms with Crippen LogP contribution in [0.2, 0.25) is 0 Å². The lowest BCUT2D eigenvalue weighted by molar-refractivity contribution is -0.124. The number of nitrogens with one attached hydrogen (secondary N) is 2. The minimum atomic E-state index is -0.189. The van der Waals surface area contributed by atoms with E-state index in [9.17, 15) is 9.59 Å². The second-order valence-corrected chi connectivity index (χ2v) is 6.29. The van der Waals surface area contributed by atoms with Crippen LogP contribution in [0.25, 0.3) is 0 Å². The number of amides is 2. The van der Waals surface area contributed by atoms with Gasteiger partial charge in [-0.25, -0.2) is 0 Å². The molecule has 0 aliphatic carbocycles. The lowest BCUT2D eigenvalue weighted by Gasteiger charge is -2.14. The van der Waals surface area contributed by atoms with Gasteiger partial charge in [0.2, 0.25) is 5.91 Å². The van der Waals surface area contributed by atoms with Gasteiger partial charge in [0.25, 0.3) is 5.91 Å². The van der Waals surface area contributed by atoms with Crippen LogP contribution in [-0.2, 0) is 20.9 Å². The third-order valence-corrected chi connectivity index (χ3v) is 3.87. The van der Waals surface area contributed by atoms with Crippen LogP contribution in [0.4, 0.5) is 0 Å². The van der Waals surface area contributed by atoms with Crippen molar-refractivity contribution in [1.82, 2.24) is 10.6 Å². The van der Waals surface area contributed by atoms with Gasteiger partial charge in [-0.15, -0.1) is 12.4 Å². The highest BCUT2D eigenvalue weighted by molar-refractivity contribution is 5.85. The molecule has 7 nitrogen and oxygen atoms in total. The van der Waals surface area contributed by atoms with E-state index in [-0.39, 0.29) is 49.4 Å². The minimum absolute atomic E-state index is 0. The number of ether oxygens (including phenoxy) is 2. The molecule has 0 saturated carbocycles. The van der Waals surface area contributed by atoms with Gasteiger partial charge in [0, 0.05) is 37.7 Å². The van der Waals surface area contributed by atoms with Crippen molar-refractivity contribution in [2.24, 2.45) is 5.73 Å². The number of halogens is 1. The number of para-hydroxylation sites is 1. The van der Waals surface area contributed by atoms with Gasteiger partial charge in [-0.1, -0.05) is 18.2 Å². The van der Waals surface area contributed by atoms with Crippen LogP contribution in [-0.4, -0.2) is 43.7 Å². The van der Waals surface area contributed by atoms with E-state index in [0.29, 0.717) is 18.8 Å². The fraction of sp³-hybridized carbons (Fsp3) is 0.556. The maximum atomic E-state index is 11.9. The van der Waals surface area contributed by atoms with Gasteiger partial charge in [-0.05, 0) is 25.8 Å². The van der Waals surface area contributed by atoms with E-state index in [0.717, 1.165) is 25.0 Å². The predicted octanol–water partition coefficient (Wildman–Crippen LogP) is 1.14. The van der Waals surface area contributed by atoms with E-state index < -0.39 is 0 Å². The SMILES string of the molecule is CC(N)CC(=O)NCc1ccccc1OCC(=O)NCC1CCCO1.Cl. The Hall–Kier alpha value is -1.83. The highest BCUT2D eigenvalue weighted by atomic mass is 35.5. The molecule has 1 heterocycles. The maximum absolute atomic E-state index is 11.9. The van der Waals surface area contributed by atoms with Crippen LogP contribution in [0.1, 0.15) is 31.7 Å². The van der Waals surface area contributed by atoms with Crippen LogP contribution < -0.4 is 21.1 Å². The summed E-state index contributed by atoms with van der Waals surface area (Å²) in [6.07, 6.45) is 2.40. The summed E-state index contributed by atoms with van der Waals surface area (Å²) >= 11 is 0. The standard InChI is InChI=1S/C18H27N3O4.ClH/c1-13(19)9-17(22)20-10-14-5-2-3-7-16(14)25-12-18(23)21-11-15-6-4-8-24-15;/h2-3,5,7,13,15H,4,6,8-12,19H2,1H3,(H,20,22)(H,21,23);1H. The number of carbonyl (C=O) groups is 2. The first-order valence-electron chi connectivity index (χ1n) is 8.66. The fourth-order valence-corrected chi connectivity index (χ4v) is 2.58. The number of hydrogen-bond donors (Lipinski definition) is 3. The summed E-state index contributed by atoms with van der Waals surface area (Å²) in [6.45, 7) is 3.32. The monoisotopic (exact) mass is 385 g/mol. The first-order valence-corrected chi connectivity index (χ1v) is 8.66. The van der Waals surface area contributed by atoms with Crippen LogP contribution in [0.5, 0.6) is 5.75 Å². The highest BCUT2D eigenvalue weighted by Crippen LogP contribution is 2.17. The lowest BCUT2D eigenvalue weighted by atomic mass is 10.2. The molecular formula is C18H28ClN3O4. The molecule has 1 aromatic rings. The van der Waals surface area contributed by atoms with Crippen molar-refractivity contribution in [1.29, 1.82) is 0 Å². The first kappa shape index (κ1) is 22.2. The summed E-state index contributed by atoms with van der Waals surface area (Å²) in [5.41, 5.74) is 6.42. The van der Waals surface area contributed by atoms with Gasteiger partial charge < -0.3 is 25.8 Å². The van der Waals surface area contributed by atoms with Gasteiger partial charge in [0.15, 0.2) is 6.61 Å². The minimum Gasteiger partial charge on any atom is -0.483 e. The number of rotatable bonds is 9. The molecule has 4 N–H and O–H groups in total. The predicted molar refractivity (Wildman–Crippen MR) is 101 cm³/mol. The third-order valence-electron chi connectivity index (χ3n) is 3.87. The van der Waals surface area contributed by atoms with E-state index in [1.54, 1.807) is 13.0 Å². The molecule has 1 saturated heterocycles. The molecule has 2 unspecified atom stereocenters. The molecule has 0 spiro atoms. The van der Waals surface area contributed by atoms with E-state index in [4.69, 9.17) is 15.2 Å². The van der Waals surface area contributed by atoms with Crippen molar-refractivity contribution in [3.63, 3.8) is 0 Å². The smallest absolute Gasteiger partial charge is 0.258 e. The molecule has 146 valence electrons. The molecule has 1 fully saturated rings. The van der Waals surface area contributed by atoms with E-state index in [1.807, 2.05) is 18.2 Å². The van der Waals surface area contributed by atoms with E-state index in [2.05, 4.69) is 10.6 Å². The number of benzene rings is 1. The zero-order valence-electron chi connectivity index (χ0n) is 15.0. The normalized spacial score (nSPS) is 17.1. The molecule has 1 aliphatic rings. The van der Waals surface area contributed by atoms with Gasteiger partial charge >= 0.3 is 0 Å². The quantitative estimate of drug-likeness (QED) is 0.591. The Kier molecular flexibility index (Phi) is 10.0. The van der Waals surface area contributed by atoms with Crippen LogP contribution in [0.15, 0.2) is 24.3 Å². The summed E-state index contributed by atoms with van der Waals surface area (Å²) < 4.78 is 11.1. The molecule has 2 rings (SSSR count). The number of carbonyl (C=O) groups excluding carboxylic acids is 2. The highest BCUT2D eigenvalue weighted by Gasteiger charge is 2.16. The van der Waals surface area contributed by atoms with Crippen molar-refractivity contribution in [3.8, 4) is 5.75 Å². The summed E-state index contributed by atoms with van der Waals surface area (Å²) in [5.74, 6) is 0.279. The number of nitrogens with two attached hydrogens (primary N) is 1. The van der Waals surface area contributed by atoms with Crippen LogP contribution in [0, 0.1) is 0 Å². The average Bonchev–Trinajstić information content (AvgIpc) is 3.10. The van der Waals surface area contributed by atoms with Crippen LogP contribution in [0.3, 0.4) is 0 Å². The van der Waals surface area contributed by atoms with Crippen molar-refractivity contribution in [3.05, 3.63) is 29.8 Å². The first-order chi connectivity index (χ1) is 12.0. The zero-order chi connectivity index (χ0) is 18.1. The van der Waals surface area contributed by atoms with Gasteiger partial charge in [0.1, 0.15) is 5.75 Å². The molecule has 2 atom stereocenters. The summed E-state index contributed by atoms with van der Waals surface area (Å²) in [6, 6.07) is 7.13. The van der Waals surface area contributed by atoms with Crippen LogP contribution >= 0.6 is 12.4 Å². The van der Waals surface area contributed by atoms with E-state index in [1.165, 1.54) is 0 Å². The molecule has 26 heavy (non-hydrogen) atoms. The Morgan fingerprint density at radius 2 is 2.08 bits per heavy atom. The third kappa shape index (κ3) is 8.03. The topological polar surface area (TPSA) is 103 Å². The van der Waals surface area contributed by atoms with Gasteiger partial charge in [-0.2, -0.15) is 0 Å². The maximum Gasteiger partial charge on any atom is 0.258 e. The molecule has 0 aromatic heterocycles. The largest absolute Gasteiger partial charge is 0.483 e. The van der Waals surface area contributed by atoms with Gasteiger partial charge in [0.05, 0.1) is 6.10 Å². The van der Waals surface area contributed by atoms with Crippen molar-refractivity contribution in [2.75, 3.05) is 19.8 Å². The average molecular weight is 386 g/mol. The van der Waals surface area contributed by atoms with Crippen molar-refractivity contribution in [2.45, 2.75) is 44.9 Å². The molecule has 1 aromatic carbocycles. The second-order valence-electron chi connectivity index (χ2n) is 6.29. The molecule has 2 amide bonds. The Morgan fingerprint density at radius 3 is 2.77 bits per heavy atom. The molecule has 0 radical (unpaired) electrons. The fourth-order valence-electron chi connectivity index (χ4n) is 2.58. The van der Waals surface area contributed by atoms with Crippen molar-refractivity contribution < 1.29 is 19.1 Å². The molecule has 0 bridgehead atoms. The van der Waals surface area contributed by atoms with Gasteiger partial charge in [-0.3, -0.25) is 9.59 Å². The Morgan fingerprint density at radius 1 is 1.31 bits per heavy atom. The van der Waals surface area contributed by atoms with Crippen molar-refractivity contribution >= 4 is 24.2 Å². The van der Waals surface area contributed by atoms with E-state index >= 15 is 0 Å².